The normalized spacial score (nSPS) is 14.1. The molecule has 3 nitrogen and oxygen atoms in total. The maximum atomic E-state index is 5.41. The first-order valence-electron chi connectivity index (χ1n) is 18.5. The predicted molar refractivity (Wildman–Crippen MR) is 232 cm³/mol. The van der Waals surface area contributed by atoms with E-state index in [0.29, 0.717) is 11.7 Å². The van der Waals surface area contributed by atoms with E-state index in [1.807, 2.05) is 12.1 Å². The molecule has 0 amide bonds. The van der Waals surface area contributed by atoms with Gasteiger partial charge in [0.2, 0.25) is 5.96 Å². The van der Waals surface area contributed by atoms with Gasteiger partial charge in [-0.3, -0.25) is 4.57 Å². The molecule has 0 saturated heterocycles. The molecule has 0 unspecified atom stereocenters. The summed E-state index contributed by atoms with van der Waals surface area (Å²) < 4.78 is 2.23. The first-order chi connectivity index (χ1) is 26.3. The second-order valence-corrected chi connectivity index (χ2v) is 14.4. The van der Waals surface area contributed by atoms with E-state index in [0.717, 1.165) is 55.5 Å². The Kier molecular flexibility index (Phi) is 9.01. The molecular weight excluding hydrogens is 655 g/mol. The van der Waals surface area contributed by atoms with Crippen LogP contribution < -0.4 is 0 Å². The van der Waals surface area contributed by atoms with Gasteiger partial charge in [-0.15, -0.1) is 0 Å². The summed E-state index contributed by atoms with van der Waals surface area (Å²) in [4.78, 5) is 10.7. The molecule has 0 spiro atoms. The number of para-hydroxylation sites is 1. The van der Waals surface area contributed by atoms with Gasteiger partial charge in [0.15, 0.2) is 0 Å². The van der Waals surface area contributed by atoms with E-state index in [9.17, 15) is 0 Å². The van der Waals surface area contributed by atoms with Gasteiger partial charge in [-0.25, -0.2) is 9.98 Å². The molecule has 3 heteroatoms. The van der Waals surface area contributed by atoms with Crippen LogP contribution in [0, 0.1) is 0 Å². The van der Waals surface area contributed by atoms with Crippen molar-refractivity contribution in [1.29, 1.82) is 0 Å². The third-order valence-electron chi connectivity index (χ3n) is 10.7. The molecule has 0 saturated carbocycles. The second-order valence-electron chi connectivity index (χ2n) is 14.4. The number of rotatable bonds is 7. The zero-order valence-corrected chi connectivity index (χ0v) is 31.3. The van der Waals surface area contributed by atoms with E-state index in [4.69, 9.17) is 9.98 Å². The van der Waals surface area contributed by atoms with E-state index >= 15 is 0 Å². The summed E-state index contributed by atoms with van der Waals surface area (Å²) in [6.07, 6.45) is 7.95. The monoisotopic (exact) mass is 697 g/mol. The topological polar surface area (TPSA) is 29.6 Å². The molecule has 0 bridgehead atoms. The Balaban J connectivity index is 1.35. The highest BCUT2D eigenvalue weighted by Gasteiger charge is 2.36. The first-order valence-corrected chi connectivity index (χ1v) is 18.5. The van der Waals surface area contributed by atoms with Crippen LogP contribution in [-0.2, 0) is 5.41 Å². The minimum Gasteiger partial charge on any atom is -0.278 e. The molecule has 0 N–H and O–H groups in total. The van der Waals surface area contributed by atoms with Crippen LogP contribution in [0.5, 0.6) is 0 Å². The molecule has 1 heterocycles. The van der Waals surface area contributed by atoms with E-state index in [-0.39, 0.29) is 5.41 Å². The fourth-order valence-corrected chi connectivity index (χ4v) is 7.87. The molecule has 0 fully saturated rings. The molecule has 1 aliphatic carbocycles. The lowest BCUT2D eigenvalue weighted by Crippen LogP contribution is -2.16. The van der Waals surface area contributed by atoms with Crippen LogP contribution in [0.4, 0.5) is 0 Å². The van der Waals surface area contributed by atoms with Gasteiger partial charge in [0.05, 0.1) is 16.7 Å². The van der Waals surface area contributed by atoms with Crippen LogP contribution in [0.3, 0.4) is 0 Å². The summed E-state index contributed by atoms with van der Waals surface area (Å²) in [6.45, 7) is 17.2. The lowest BCUT2D eigenvalue weighted by atomic mass is 9.82. The van der Waals surface area contributed by atoms with Gasteiger partial charge in [-0.1, -0.05) is 161 Å². The van der Waals surface area contributed by atoms with Gasteiger partial charge < -0.3 is 0 Å². The van der Waals surface area contributed by atoms with Crippen molar-refractivity contribution in [2.24, 2.45) is 9.98 Å². The fourth-order valence-electron chi connectivity index (χ4n) is 7.87. The van der Waals surface area contributed by atoms with Crippen molar-refractivity contribution >= 4 is 44.7 Å². The molecule has 1 aliphatic rings. The number of hydrogen-bond donors (Lipinski definition) is 0. The summed E-state index contributed by atoms with van der Waals surface area (Å²) in [5, 5.41) is 2.33. The van der Waals surface area contributed by atoms with Crippen LogP contribution in [0.2, 0.25) is 0 Å². The number of benzene rings is 6. The second kappa shape index (κ2) is 14.1. The molecule has 1 aromatic heterocycles. The van der Waals surface area contributed by atoms with Crippen LogP contribution in [-0.4, -0.2) is 16.2 Å². The highest BCUT2D eigenvalue weighted by Crippen LogP contribution is 2.50. The van der Waals surface area contributed by atoms with Crippen LogP contribution in [0.25, 0.3) is 55.3 Å². The predicted octanol–water partition coefficient (Wildman–Crippen LogP) is 13.3. The summed E-state index contributed by atoms with van der Waals surface area (Å²) in [6, 6.07) is 49.5. The average Bonchev–Trinajstić information content (AvgIpc) is 3.65. The Morgan fingerprint density at radius 2 is 1.33 bits per heavy atom. The maximum absolute atomic E-state index is 5.41. The van der Waals surface area contributed by atoms with Crippen molar-refractivity contribution in [2.45, 2.75) is 33.1 Å². The molecule has 8 rings (SSSR count). The lowest BCUT2D eigenvalue weighted by molar-refractivity contribution is 0.661. The zero-order chi connectivity index (χ0) is 37.4. The van der Waals surface area contributed by atoms with Crippen molar-refractivity contribution in [2.75, 3.05) is 0 Å². The van der Waals surface area contributed by atoms with Crippen LogP contribution >= 0.6 is 0 Å². The van der Waals surface area contributed by atoms with Gasteiger partial charge in [0.25, 0.3) is 0 Å². The molecule has 0 radical (unpaired) electrons. The smallest absolute Gasteiger partial charge is 0.235 e. The summed E-state index contributed by atoms with van der Waals surface area (Å²) in [5.41, 5.74) is 15.1. The zero-order valence-electron chi connectivity index (χ0n) is 31.3. The van der Waals surface area contributed by atoms with Gasteiger partial charge in [-0.2, -0.15) is 0 Å². The first kappa shape index (κ1) is 34.5. The van der Waals surface area contributed by atoms with Crippen molar-refractivity contribution in [3.05, 3.63) is 205 Å². The molecule has 54 heavy (non-hydrogen) atoms. The summed E-state index contributed by atoms with van der Waals surface area (Å²) in [7, 11) is 0. The number of hydrogen-bond acceptors (Lipinski definition) is 1. The minimum atomic E-state index is -0.162. The van der Waals surface area contributed by atoms with Crippen molar-refractivity contribution in [3.8, 4) is 22.3 Å². The third-order valence-corrected chi connectivity index (χ3v) is 10.7. The molecule has 6 aromatic carbocycles. The number of fused-ring (bicyclic) bond motifs is 6. The highest BCUT2D eigenvalue weighted by atomic mass is 15.2. The van der Waals surface area contributed by atoms with Crippen molar-refractivity contribution in [3.63, 3.8) is 0 Å². The highest BCUT2D eigenvalue weighted by molar-refractivity contribution is 6.18. The standard InChI is InChI=1S/C51H43N3/c1-7-9-19-36(8-2)40-24-17-22-38(30-40)34(3)52-50(53-35(4)39-23-18-25-41(31-39)37-20-11-10-12-21-37)54-48-29-16-14-27-43(48)45-32-44-42-26-13-15-28-46(42)51(5,6)47(44)33-49(45)54/h7-33H,1,4H2,2-3,5-6H3/b19-9-,36-8+,52-34+,53-50+. The molecule has 7 aromatic rings. The quantitative estimate of drug-likeness (QED) is 0.0902. The Bertz CT molecular complexity index is 2730. The van der Waals surface area contributed by atoms with Gasteiger partial charge in [-0.05, 0) is 94.3 Å². The number of nitrogens with zero attached hydrogens (tertiary/aromatic N) is 3. The maximum Gasteiger partial charge on any atom is 0.235 e. The molecule has 0 atom stereocenters. The van der Waals surface area contributed by atoms with Crippen LogP contribution in [0.15, 0.2) is 187 Å². The molecule has 262 valence electrons. The van der Waals surface area contributed by atoms with Gasteiger partial charge in [0, 0.05) is 27.5 Å². The summed E-state index contributed by atoms with van der Waals surface area (Å²) >= 11 is 0. The van der Waals surface area contributed by atoms with Crippen molar-refractivity contribution < 1.29 is 0 Å². The Morgan fingerprint density at radius 1 is 0.630 bits per heavy atom. The average molecular weight is 698 g/mol. The largest absolute Gasteiger partial charge is 0.278 e. The fraction of sp³-hybridized carbons (Fsp3) is 0.0980. The Morgan fingerprint density at radius 3 is 2.15 bits per heavy atom. The lowest BCUT2D eigenvalue weighted by Gasteiger charge is -2.21. The Labute approximate surface area is 318 Å². The van der Waals surface area contributed by atoms with E-state index in [1.54, 1.807) is 6.08 Å². The number of allylic oxidation sites excluding steroid dienone is 5. The number of aliphatic imine (C=N–C) groups is 2. The Hall–Kier alpha value is -6.58. The molecular formula is C51H43N3. The minimum absolute atomic E-state index is 0.162. The number of aromatic nitrogens is 1. The third kappa shape index (κ3) is 6.08. The summed E-state index contributed by atoms with van der Waals surface area (Å²) in [5.74, 6) is 0.560. The van der Waals surface area contributed by atoms with Crippen LogP contribution in [0.1, 0.15) is 55.5 Å². The van der Waals surface area contributed by atoms with Gasteiger partial charge in [0.1, 0.15) is 0 Å². The molecule has 0 aliphatic heterocycles. The van der Waals surface area contributed by atoms with Crippen molar-refractivity contribution in [1.82, 2.24) is 4.57 Å². The SMILES string of the molecule is C=C/C=C\C(=C/C)c1cccc(/C(C)=N/C(=N\C(=C)c2cccc(-c3ccccc3)c2)n2c3ccccc3c3cc4c(cc32)C(C)(C)c2ccccc2-4)c1. The van der Waals surface area contributed by atoms with E-state index < -0.39 is 0 Å². The van der Waals surface area contributed by atoms with E-state index in [1.165, 1.54) is 27.6 Å². The van der Waals surface area contributed by atoms with Gasteiger partial charge >= 0.3 is 0 Å². The van der Waals surface area contributed by atoms with E-state index in [2.05, 4.69) is 191 Å².